The van der Waals surface area contributed by atoms with Crippen LogP contribution in [0.3, 0.4) is 0 Å². The average molecular weight is 279 g/mol. The zero-order valence-electron chi connectivity index (χ0n) is 12.6. The van der Waals surface area contributed by atoms with Crippen molar-refractivity contribution in [2.75, 3.05) is 13.1 Å². The number of rotatable bonds is 7. The number of aryl methyl sites for hydroxylation is 2. The fourth-order valence-electron chi connectivity index (χ4n) is 3.50. The first-order valence-corrected chi connectivity index (χ1v) is 8.87. The molecule has 1 aromatic heterocycles. The van der Waals surface area contributed by atoms with Crippen molar-refractivity contribution in [3.05, 3.63) is 21.9 Å². The van der Waals surface area contributed by atoms with Crippen LogP contribution < -0.4 is 5.32 Å². The third-order valence-electron chi connectivity index (χ3n) is 4.85. The molecule has 108 valence electrons. The molecular formula is C17H29NS. The smallest absolute Gasteiger partial charge is 0.00746 e. The highest BCUT2D eigenvalue weighted by Gasteiger charge is 2.31. The van der Waals surface area contributed by atoms with Crippen LogP contribution in [-0.2, 0) is 6.42 Å². The Labute approximate surface area is 122 Å². The van der Waals surface area contributed by atoms with Crippen LogP contribution >= 0.6 is 11.3 Å². The summed E-state index contributed by atoms with van der Waals surface area (Å²) in [4.78, 5) is 1.62. The molecule has 19 heavy (non-hydrogen) atoms. The molecule has 0 amide bonds. The molecule has 1 fully saturated rings. The minimum atomic E-state index is 0.636. The second-order valence-electron chi connectivity index (χ2n) is 6.19. The molecule has 0 unspecified atom stereocenters. The Morgan fingerprint density at radius 3 is 2.63 bits per heavy atom. The van der Waals surface area contributed by atoms with E-state index in [1.54, 1.807) is 4.88 Å². The summed E-state index contributed by atoms with van der Waals surface area (Å²) >= 11 is 1.95. The minimum Gasteiger partial charge on any atom is -0.317 e. The Balaban J connectivity index is 1.91. The van der Waals surface area contributed by atoms with Gasteiger partial charge < -0.3 is 5.32 Å². The Hall–Kier alpha value is -0.340. The summed E-state index contributed by atoms with van der Waals surface area (Å²) in [5, 5.41) is 5.77. The minimum absolute atomic E-state index is 0.636. The van der Waals surface area contributed by atoms with Gasteiger partial charge in [-0.25, -0.2) is 0 Å². The van der Waals surface area contributed by atoms with Crippen molar-refractivity contribution in [2.24, 2.45) is 5.41 Å². The Kier molecular flexibility index (Phi) is 5.90. The SMILES string of the molecule is CCNCCC1(CCc2sccc2C)CCCCC1. The standard InChI is InChI=1S/C17H29NS/c1-3-18-13-12-17(9-5-4-6-10-17)11-7-16-15(2)8-14-19-16/h8,14,18H,3-7,9-13H2,1-2H3. The molecule has 2 heteroatoms. The van der Waals surface area contributed by atoms with E-state index < -0.39 is 0 Å². The van der Waals surface area contributed by atoms with Crippen LogP contribution in [0, 0.1) is 12.3 Å². The van der Waals surface area contributed by atoms with Crippen LogP contribution in [0.4, 0.5) is 0 Å². The van der Waals surface area contributed by atoms with E-state index >= 15 is 0 Å². The van der Waals surface area contributed by atoms with E-state index in [2.05, 4.69) is 30.6 Å². The van der Waals surface area contributed by atoms with Crippen LogP contribution in [0.5, 0.6) is 0 Å². The van der Waals surface area contributed by atoms with Crippen molar-refractivity contribution in [1.82, 2.24) is 5.32 Å². The molecule has 0 aliphatic heterocycles. The Morgan fingerprint density at radius 1 is 1.21 bits per heavy atom. The Bertz CT molecular complexity index is 363. The van der Waals surface area contributed by atoms with Gasteiger partial charge in [0, 0.05) is 4.88 Å². The molecule has 0 atom stereocenters. The summed E-state index contributed by atoms with van der Waals surface area (Å²) < 4.78 is 0. The van der Waals surface area contributed by atoms with Gasteiger partial charge in [-0.15, -0.1) is 11.3 Å². The lowest BCUT2D eigenvalue weighted by molar-refractivity contribution is 0.157. The predicted molar refractivity (Wildman–Crippen MR) is 86.1 cm³/mol. The fourth-order valence-corrected chi connectivity index (χ4v) is 4.41. The molecule has 0 saturated heterocycles. The van der Waals surface area contributed by atoms with Gasteiger partial charge in [0.25, 0.3) is 0 Å². The molecule has 1 N–H and O–H groups in total. The van der Waals surface area contributed by atoms with Crippen LogP contribution in [0.1, 0.15) is 62.3 Å². The summed E-state index contributed by atoms with van der Waals surface area (Å²) in [6.07, 6.45) is 11.4. The fraction of sp³-hybridized carbons (Fsp3) is 0.765. The van der Waals surface area contributed by atoms with E-state index in [4.69, 9.17) is 0 Å². The average Bonchev–Trinajstić information content (AvgIpc) is 2.84. The predicted octanol–water partition coefficient (Wildman–Crippen LogP) is 4.94. The molecule has 1 aromatic rings. The van der Waals surface area contributed by atoms with Gasteiger partial charge in [0.1, 0.15) is 0 Å². The zero-order valence-corrected chi connectivity index (χ0v) is 13.5. The molecule has 1 heterocycles. The molecule has 0 bridgehead atoms. The van der Waals surface area contributed by atoms with Crippen LogP contribution in [0.15, 0.2) is 11.4 Å². The van der Waals surface area contributed by atoms with Crippen molar-refractivity contribution in [1.29, 1.82) is 0 Å². The summed E-state index contributed by atoms with van der Waals surface area (Å²) in [6, 6.07) is 2.27. The van der Waals surface area contributed by atoms with E-state index in [9.17, 15) is 0 Å². The first-order chi connectivity index (χ1) is 9.26. The van der Waals surface area contributed by atoms with Crippen LogP contribution in [0.25, 0.3) is 0 Å². The second-order valence-corrected chi connectivity index (χ2v) is 7.19. The third kappa shape index (κ3) is 4.32. The van der Waals surface area contributed by atoms with Crippen molar-refractivity contribution < 1.29 is 0 Å². The van der Waals surface area contributed by atoms with E-state index in [1.807, 2.05) is 11.3 Å². The third-order valence-corrected chi connectivity index (χ3v) is 5.93. The van der Waals surface area contributed by atoms with Gasteiger partial charge in [-0.05, 0) is 74.5 Å². The van der Waals surface area contributed by atoms with Gasteiger partial charge in [-0.1, -0.05) is 26.2 Å². The van der Waals surface area contributed by atoms with Crippen molar-refractivity contribution in [3.8, 4) is 0 Å². The summed E-state index contributed by atoms with van der Waals surface area (Å²) in [7, 11) is 0. The van der Waals surface area contributed by atoms with E-state index in [1.165, 1.54) is 63.5 Å². The van der Waals surface area contributed by atoms with Gasteiger partial charge in [-0.2, -0.15) is 0 Å². The number of thiophene rings is 1. The lowest BCUT2D eigenvalue weighted by Crippen LogP contribution is -2.29. The van der Waals surface area contributed by atoms with Gasteiger partial charge in [0.15, 0.2) is 0 Å². The first-order valence-electron chi connectivity index (χ1n) is 7.99. The molecule has 0 radical (unpaired) electrons. The van der Waals surface area contributed by atoms with Gasteiger partial charge in [-0.3, -0.25) is 0 Å². The zero-order chi connectivity index (χ0) is 13.6. The monoisotopic (exact) mass is 279 g/mol. The highest BCUT2D eigenvalue weighted by atomic mass is 32.1. The molecule has 1 nitrogen and oxygen atoms in total. The molecule has 1 aliphatic rings. The summed E-state index contributed by atoms with van der Waals surface area (Å²) in [5.41, 5.74) is 2.14. The topological polar surface area (TPSA) is 12.0 Å². The maximum Gasteiger partial charge on any atom is 0.00746 e. The normalized spacial score (nSPS) is 18.6. The quantitative estimate of drug-likeness (QED) is 0.697. The van der Waals surface area contributed by atoms with E-state index in [0.717, 1.165) is 6.54 Å². The van der Waals surface area contributed by atoms with Gasteiger partial charge in [0.05, 0.1) is 0 Å². The number of hydrogen-bond donors (Lipinski definition) is 1. The second kappa shape index (κ2) is 7.44. The van der Waals surface area contributed by atoms with E-state index in [-0.39, 0.29) is 0 Å². The number of nitrogens with one attached hydrogen (secondary N) is 1. The lowest BCUT2D eigenvalue weighted by Gasteiger charge is -2.38. The lowest BCUT2D eigenvalue weighted by atomic mass is 9.69. The molecule has 1 saturated carbocycles. The molecule has 1 aliphatic carbocycles. The summed E-state index contributed by atoms with van der Waals surface area (Å²) in [6.45, 7) is 6.79. The van der Waals surface area contributed by atoms with Crippen molar-refractivity contribution in [2.45, 2.75) is 65.2 Å². The van der Waals surface area contributed by atoms with Crippen LogP contribution in [-0.4, -0.2) is 13.1 Å². The van der Waals surface area contributed by atoms with Crippen molar-refractivity contribution >= 4 is 11.3 Å². The largest absolute Gasteiger partial charge is 0.317 e. The number of hydrogen-bond acceptors (Lipinski definition) is 2. The molecule has 0 aromatic carbocycles. The maximum absolute atomic E-state index is 3.53. The van der Waals surface area contributed by atoms with Crippen LogP contribution in [0.2, 0.25) is 0 Å². The molecule has 0 spiro atoms. The highest BCUT2D eigenvalue weighted by molar-refractivity contribution is 7.10. The van der Waals surface area contributed by atoms with Crippen molar-refractivity contribution in [3.63, 3.8) is 0 Å². The molecule has 2 rings (SSSR count). The van der Waals surface area contributed by atoms with Gasteiger partial charge in [0.2, 0.25) is 0 Å². The maximum atomic E-state index is 3.53. The first kappa shape index (κ1) is 15.1. The highest BCUT2D eigenvalue weighted by Crippen LogP contribution is 2.43. The molecular weight excluding hydrogens is 250 g/mol. The van der Waals surface area contributed by atoms with E-state index in [0.29, 0.717) is 5.41 Å². The Morgan fingerprint density at radius 2 is 2.00 bits per heavy atom. The summed E-state index contributed by atoms with van der Waals surface area (Å²) in [5.74, 6) is 0. The van der Waals surface area contributed by atoms with Gasteiger partial charge >= 0.3 is 0 Å².